The molecule has 1 aliphatic rings. The highest BCUT2D eigenvalue weighted by Crippen LogP contribution is 2.44. The first kappa shape index (κ1) is 14.3. The number of rotatable bonds is 6. The number of hydrogen-bond donors (Lipinski definition) is 2. The molecular weight excluding hydrogens is 258 g/mol. The van der Waals surface area contributed by atoms with Gasteiger partial charge in [-0.2, -0.15) is 0 Å². The first-order valence-corrected chi connectivity index (χ1v) is 6.76. The molecule has 0 aliphatic heterocycles. The summed E-state index contributed by atoms with van der Waals surface area (Å²) in [7, 11) is 0. The van der Waals surface area contributed by atoms with Crippen molar-refractivity contribution in [3.8, 4) is 0 Å². The number of nitro benzene ring substituents is 1. The van der Waals surface area contributed by atoms with Crippen molar-refractivity contribution < 1.29 is 9.72 Å². The van der Waals surface area contributed by atoms with Crippen LogP contribution in [-0.4, -0.2) is 23.9 Å². The second-order valence-electron chi connectivity index (χ2n) is 5.51. The van der Waals surface area contributed by atoms with Gasteiger partial charge in [-0.05, 0) is 37.3 Å². The third kappa shape index (κ3) is 3.26. The maximum Gasteiger partial charge on any atom is 0.282 e. The van der Waals surface area contributed by atoms with Crippen LogP contribution in [0, 0.1) is 15.5 Å². The van der Waals surface area contributed by atoms with Crippen molar-refractivity contribution >= 4 is 17.3 Å². The Balaban J connectivity index is 2.19. The zero-order valence-corrected chi connectivity index (χ0v) is 11.7. The van der Waals surface area contributed by atoms with Gasteiger partial charge < -0.3 is 10.6 Å². The van der Waals surface area contributed by atoms with Crippen LogP contribution in [0.5, 0.6) is 0 Å². The van der Waals surface area contributed by atoms with Crippen molar-refractivity contribution in [1.82, 2.24) is 5.32 Å². The molecular formula is C14H19N3O3. The van der Waals surface area contributed by atoms with Crippen LogP contribution in [0.4, 0.5) is 11.4 Å². The molecule has 0 bridgehead atoms. The Hall–Kier alpha value is -2.11. The fraction of sp³-hybridized carbons (Fsp3) is 0.500. The molecule has 1 amide bonds. The van der Waals surface area contributed by atoms with Crippen LogP contribution >= 0.6 is 0 Å². The highest BCUT2D eigenvalue weighted by atomic mass is 16.6. The van der Waals surface area contributed by atoms with E-state index in [1.807, 2.05) is 6.92 Å². The van der Waals surface area contributed by atoms with Gasteiger partial charge in [0.25, 0.3) is 11.6 Å². The van der Waals surface area contributed by atoms with Gasteiger partial charge in [0.2, 0.25) is 0 Å². The highest BCUT2D eigenvalue weighted by Gasteiger charge is 2.37. The van der Waals surface area contributed by atoms with Crippen molar-refractivity contribution in [2.45, 2.75) is 26.7 Å². The van der Waals surface area contributed by atoms with E-state index in [0.717, 1.165) is 12.8 Å². The van der Waals surface area contributed by atoms with Crippen LogP contribution in [0.25, 0.3) is 0 Å². The van der Waals surface area contributed by atoms with Gasteiger partial charge >= 0.3 is 0 Å². The molecule has 6 heteroatoms. The van der Waals surface area contributed by atoms with E-state index in [1.54, 1.807) is 6.07 Å². The second kappa shape index (κ2) is 5.48. The average molecular weight is 277 g/mol. The van der Waals surface area contributed by atoms with Crippen molar-refractivity contribution in [3.05, 3.63) is 33.9 Å². The predicted molar refractivity (Wildman–Crippen MR) is 76.9 cm³/mol. The van der Waals surface area contributed by atoms with E-state index >= 15 is 0 Å². The molecule has 1 aliphatic carbocycles. The number of nitrogens with one attached hydrogen (secondary N) is 2. The lowest BCUT2D eigenvalue weighted by molar-refractivity contribution is -0.385. The standard InChI is InChI=1S/C14H19N3O3/c1-3-15-10-4-5-12(17(19)20)11(8-10)13(18)16-9-14(2)6-7-14/h4-5,8,15H,3,6-7,9H2,1-2H3,(H,16,18). The third-order valence-corrected chi connectivity index (χ3v) is 3.60. The number of carbonyl (C=O) groups excluding carboxylic acids is 1. The van der Waals surface area contributed by atoms with E-state index in [1.165, 1.54) is 12.1 Å². The minimum absolute atomic E-state index is 0.109. The fourth-order valence-electron chi connectivity index (χ4n) is 1.97. The lowest BCUT2D eigenvalue weighted by Crippen LogP contribution is -2.29. The molecule has 0 heterocycles. The molecule has 1 aromatic rings. The molecule has 1 fully saturated rings. The Morgan fingerprint density at radius 1 is 1.45 bits per heavy atom. The lowest BCUT2D eigenvalue weighted by Gasteiger charge is -2.11. The van der Waals surface area contributed by atoms with Gasteiger partial charge in [-0.1, -0.05) is 6.92 Å². The SMILES string of the molecule is CCNc1ccc([N+](=O)[O-])c(C(=O)NCC2(C)CC2)c1. The molecule has 1 aromatic carbocycles. The third-order valence-electron chi connectivity index (χ3n) is 3.60. The molecule has 108 valence electrons. The lowest BCUT2D eigenvalue weighted by atomic mass is 10.1. The van der Waals surface area contributed by atoms with Gasteiger partial charge in [0.15, 0.2) is 0 Å². The second-order valence-corrected chi connectivity index (χ2v) is 5.51. The largest absolute Gasteiger partial charge is 0.385 e. The minimum Gasteiger partial charge on any atom is -0.385 e. The van der Waals surface area contributed by atoms with E-state index in [9.17, 15) is 14.9 Å². The number of amides is 1. The van der Waals surface area contributed by atoms with Gasteiger partial charge in [-0.3, -0.25) is 14.9 Å². The van der Waals surface area contributed by atoms with E-state index in [4.69, 9.17) is 0 Å². The molecule has 0 aromatic heterocycles. The molecule has 0 unspecified atom stereocenters. The maximum absolute atomic E-state index is 12.2. The highest BCUT2D eigenvalue weighted by molar-refractivity contribution is 5.99. The van der Waals surface area contributed by atoms with Crippen molar-refractivity contribution in [3.63, 3.8) is 0 Å². The first-order valence-electron chi connectivity index (χ1n) is 6.76. The van der Waals surface area contributed by atoms with Crippen LogP contribution in [0.1, 0.15) is 37.0 Å². The summed E-state index contributed by atoms with van der Waals surface area (Å²) in [6.07, 6.45) is 2.18. The van der Waals surface area contributed by atoms with Gasteiger partial charge in [0.1, 0.15) is 5.56 Å². The van der Waals surface area contributed by atoms with Crippen LogP contribution in [0.3, 0.4) is 0 Å². The molecule has 0 radical (unpaired) electrons. The van der Waals surface area contributed by atoms with Crippen LogP contribution in [0.15, 0.2) is 18.2 Å². The zero-order valence-electron chi connectivity index (χ0n) is 11.7. The van der Waals surface area contributed by atoms with Gasteiger partial charge in [0.05, 0.1) is 4.92 Å². The summed E-state index contributed by atoms with van der Waals surface area (Å²) < 4.78 is 0. The Kier molecular flexibility index (Phi) is 3.92. The predicted octanol–water partition coefficient (Wildman–Crippen LogP) is 2.56. The molecule has 6 nitrogen and oxygen atoms in total. The Labute approximate surface area is 117 Å². The summed E-state index contributed by atoms with van der Waals surface area (Å²) in [5.41, 5.74) is 0.827. The monoisotopic (exact) mass is 277 g/mol. The van der Waals surface area contributed by atoms with Crippen molar-refractivity contribution in [2.75, 3.05) is 18.4 Å². The van der Waals surface area contributed by atoms with Gasteiger partial charge in [-0.25, -0.2) is 0 Å². The summed E-state index contributed by atoms with van der Waals surface area (Å²) in [4.78, 5) is 22.6. The zero-order chi connectivity index (χ0) is 14.8. The van der Waals surface area contributed by atoms with Gasteiger partial charge in [-0.15, -0.1) is 0 Å². The molecule has 2 N–H and O–H groups in total. The number of benzene rings is 1. The minimum atomic E-state index is -0.524. The molecule has 2 rings (SSSR count). The van der Waals surface area contributed by atoms with E-state index < -0.39 is 4.92 Å². The van der Waals surface area contributed by atoms with Gasteiger partial charge in [0, 0.05) is 24.8 Å². The molecule has 0 atom stereocenters. The fourth-order valence-corrected chi connectivity index (χ4v) is 1.97. The normalized spacial score (nSPS) is 15.5. The Morgan fingerprint density at radius 2 is 2.15 bits per heavy atom. The topological polar surface area (TPSA) is 84.3 Å². The summed E-state index contributed by atoms with van der Waals surface area (Å²) in [6.45, 7) is 5.28. The number of nitrogens with zero attached hydrogens (tertiary/aromatic N) is 1. The number of hydrogen-bond acceptors (Lipinski definition) is 4. The summed E-state index contributed by atoms with van der Waals surface area (Å²) in [5.74, 6) is -0.385. The molecule has 0 spiro atoms. The van der Waals surface area contributed by atoms with E-state index in [-0.39, 0.29) is 22.6 Å². The average Bonchev–Trinajstić information content (AvgIpc) is 3.14. The van der Waals surface area contributed by atoms with Crippen molar-refractivity contribution in [1.29, 1.82) is 0 Å². The maximum atomic E-state index is 12.2. The van der Waals surface area contributed by atoms with Crippen LogP contribution in [-0.2, 0) is 0 Å². The number of anilines is 1. The molecule has 1 saturated carbocycles. The first-order chi connectivity index (χ1) is 9.45. The Bertz CT molecular complexity index is 538. The van der Waals surface area contributed by atoms with E-state index in [2.05, 4.69) is 17.6 Å². The molecule has 20 heavy (non-hydrogen) atoms. The quantitative estimate of drug-likeness (QED) is 0.618. The summed E-state index contributed by atoms with van der Waals surface area (Å²) >= 11 is 0. The number of carbonyl (C=O) groups is 1. The Morgan fingerprint density at radius 3 is 2.70 bits per heavy atom. The van der Waals surface area contributed by atoms with Crippen molar-refractivity contribution in [2.24, 2.45) is 5.41 Å². The summed E-state index contributed by atoms with van der Waals surface area (Å²) in [6, 6.07) is 4.51. The van der Waals surface area contributed by atoms with E-state index in [0.29, 0.717) is 18.8 Å². The van der Waals surface area contributed by atoms with Crippen LogP contribution < -0.4 is 10.6 Å². The smallest absolute Gasteiger partial charge is 0.282 e. The molecule has 0 saturated heterocycles. The summed E-state index contributed by atoms with van der Waals surface area (Å²) in [5, 5.41) is 16.9. The van der Waals surface area contributed by atoms with Crippen LogP contribution in [0.2, 0.25) is 0 Å². The number of nitro groups is 1.